The first-order chi connectivity index (χ1) is 15.3. The number of aryl methyl sites for hydroxylation is 1. The summed E-state index contributed by atoms with van der Waals surface area (Å²) in [5, 5.41) is 6.91. The minimum Gasteiger partial charge on any atom is -0.384 e. The average Bonchev–Trinajstić information content (AvgIpc) is 2.77. The van der Waals surface area contributed by atoms with Crippen LogP contribution in [0.1, 0.15) is 11.1 Å². The van der Waals surface area contributed by atoms with E-state index in [1.165, 1.54) is 10.4 Å². The van der Waals surface area contributed by atoms with Crippen molar-refractivity contribution < 1.29 is 22.8 Å². The Morgan fingerprint density at radius 1 is 1.25 bits per heavy atom. The highest BCUT2D eigenvalue weighted by Crippen LogP contribution is 2.24. The van der Waals surface area contributed by atoms with Crippen LogP contribution in [0, 0.1) is 6.92 Å². The first-order valence-corrected chi connectivity index (χ1v) is 11.8. The fourth-order valence-corrected chi connectivity index (χ4v) is 4.98. The Labute approximate surface area is 192 Å². The first kappa shape index (κ1) is 24.0. The second kappa shape index (κ2) is 10.8. The number of benzene rings is 2. The molecule has 9 nitrogen and oxygen atoms in total. The molecule has 1 amide bonds. The largest absolute Gasteiger partial charge is 0.384 e. The smallest absolute Gasteiger partial charge is 0.265 e. The van der Waals surface area contributed by atoms with Crippen LogP contribution in [0.15, 0.2) is 52.5 Å². The van der Waals surface area contributed by atoms with Crippen molar-refractivity contribution in [3.05, 3.63) is 58.6 Å². The van der Waals surface area contributed by atoms with Crippen molar-refractivity contribution in [1.29, 1.82) is 0 Å². The second-order valence-electron chi connectivity index (χ2n) is 7.17. The van der Waals surface area contributed by atoms with Crippen LogP contribution >= 0.6 is 11.6 Å². The number of hydrogen-bond donors (Lipinski definition) is 2. The highest BCUT2D eigenvalue weighted by Gasteiger charge is 2.28. The second-order valence-corrected chi connectivity index (χ2v) is 9.48. The quantitative estimate of drug-likeness (QED) is 0.339. The van der Waals surface area contributed by atoms with Crippen molar-refractivity contribution in [3.63, 3.8) is 0 Å². The number of rotatable bonds is 8. The summed E-state index contributed by atoms with van der Waals surface area (Å²) in [6.45, 7) is 2.61. The molecule has 0 aromatic heterocycles. The lowest BCUT2D eigenvalue weighted by Gasteiger charge is -2.26. The van der Waals surface area contributed by atoms with Crippen LogP contribution in [0.3, 0.4) is 0 Å². The average molecular weight is 481 g/mol. The molecular formula is C21H25ClN4O5S. The van der Waals surface area contributed by atoms with E-state index in [-0.39, 0.29) is 23.8 Å². The molecule has 2 aromatic carbocycles. The van der Waals surface area contributed by atoms with Gasteiger partial charge in [-0.25, -0.2) is 8.42 Å². The number of morpholine rings is 1. The van der Waals surface area contributed by atoms with Gasteiger partial charge in [0.25, 0.3) is 5.91 Å². The van der Waals surface area contributed by atoms with Gasteiger partial charge in [0.05, 0.1) is 18.1 Å². The van der Waals surface area contributed by atoms with E-state index in [1.54, 1.807) is 25.1 Å². The van der Waals surface area contributed by atoms with Gasteiger partial charge in [-0.05, 0) is 36.2 Å². The number of anilines is 1. The lowest BCUT2D eigenvalue weighted by Crippen LogP contribution is -2.40. The van der Waals surface area contributed by atoms with Crippen molar-refractivity contribution in [2.45, 2.75) is 18.2 Å². The molecule has 11 heteroatoms. The molecule has 1 heterocycles. The van der Waals surface area contributed by atoms with Crippen molar-refractivity contribution in [1.82, 2.24) is 4.31 Å². The molecule has 0 unspecified atom stereocenters. The monoisotopic (exact) mass is 480 g/mol. The Kier molecular flexibility index (Phi) is 8.08. The molecule has 1 aliphatic rings. The number of hydrogen-bond acceptors (Lipinski definition) is 6. The van der Waals surface area contributed by atoms with Crippen LogP contribution in [0.2, 0.25) is 5.02 Å². The molecule has 1 saturated heterocycles. The normalized spacial score (nSPS) is 15.4. The van der Waals surface area contributed by atoms with E-state index < -0.39 is 15.9 Å². The van der Waals surface area contributed by atoms with Crippen LogP contribution in [-0.4, -0.2) is 57.4 Å². The summed E-state index contributed by atoms with van der Waals surface area (Å²) in [7, 11) is -3.69. The molecule has 0 radical (unpaired) electrons. The summed E-state index contributed by atoms with van der Waals surface area (Å²) in [4.78, 5) is 17.4. The molecule has 172 valence electrons. The molecule has 2 aromatic rings. The summed E-state index contributed by atoms with van der Waals surface area (Å²) in [5.41, 5.74) is 7.53. The van der Waals surface area contributed by atoms with E-state index in [9.17, 15) is 13.2 Å². The highest BCUT2D eigenvalue weighted by atomic mass is 35.5. The number of amides is 1. The number of amidine groups is 1. The Bertz CT molecular complexity index is 1100. The minimum atomic E-state index is -3.69. The van der Waals surface area contributed by atoms with Crippen LogP contribution in [-0.2, 0) is 30.8 Å². The van der Waals surface area contributed by atoms with Gasteiger partial charge >= 0.3 is 0 Å². The van der Waals surface area contributed by atoms with Crippen LogP contribution in [0.5, 0.6) is 0 Å². The molecule has 0 saturated carbocycles. The number of sulfonamides is 1. The maximum absolute atomic E-state index is 13.0. The van der Waals surface area contributed by atoms with Crippen LogP contribution < -0.4 is 11.1 Å². The summed E-state index contributed by atoms with van der Waals surface area (Å²) < 4.78 is 32.5. The molecule has 1 fully saturated rings. The summed E-state index contributed by atoms with van der Waals surface area (Å²) in [6, 6.07) is 11.9. The lowest BCUT2D eigenvalue weighted by molar-refractivity contribution is -0.120. The van der Waals surface area contributed by atoms with E-state index in [0.717, 1.165) is 5.56 Å². The Morgan fingerprint density at radius 2 is 1.97 bits per heavy atom. The first-order valence-electron chi connectivity index (χ1n) is 9.93. The molecule has 0 atom stereocenters. The molecule has 3 N–H and O–H groups in total. The van der Waals surface area contributed by atoms with Gasteiger partial charge in [-0.1, -0.05) is 41.0 Å². The summed E-state index contributed by atoms with van der Waals surface area (Å²) in [5.74, 6) is -0.335. The van der Waals surface area contributed by atoms with E-state index in [1.807, 2.05) is 18.2 Å². The third-order valence-electron chi connectivity index (χ3n) is 4.77. The van der Waals surface area contributed by atoms with Gasteiger partial charge in [-0.2, -0.15) is 4.31 Å². The molecule has 32 heavy (non-hydrogen) atoms. The van der Waals surface area contributed by atoms with Gasteiger partial charge in [0.15, 0.2) is 6.61 Å². The Morgan fingerprint density at radius 3 is 2.69 bits per heavy atom. The fraction of sp³-hybridized carbons (Fsp3) is 0.333. The third-order valence-corrected chi connectivity index (χ3v) is 7.18. The predicted molar refractivity (Wildman–Crippen MR) is 122 cm³/mol. The zero-order chi connectivity index (χ0) is 23.1. The van der Waals surface area contributed by atoms with Gasteiger partial charge < -0.3 is 20.6 Å². The SMILES string of the molecule is Cc1ccc(NC(=O)CO/N=C(/N)Cc2ccccc2Cl)cc1S(=O)(=O)N1CCOCC1. The van der Waals surface area contributed by atoms with Gasteiger partial charge in [-0.3, -0.25) is 4.79 Å². The number of carbonyl (C=O) groups excluding carboxylic acids is 1. The zero-order valence-electron chi connectivity index (χ0n) is 17.6. The number of oxime groups is 1. The zero-order valence-corrected chi connectivity index (χ0v) is 19.2. The van der Waals surface area contributed by atoms with Crippen molar-refractivity contribution in [2.75, 3.05) is 38.2 Å². The van der Waals surface area contributed by atoms with E-state index in [4.69, 9.17) is 26.9 Å². The Balaban J connectivity index is 1.59. The van der Waals surface area contributed by atoms with Gasteiger partial charge in [0.2, 0.25) is 10.0 Å². The van der Waals surface area contributed by atoms with Crippen LogP contribution in [0.25, 0.3) is 0 Å². The Hall–Kier alpha value is -2.66. The van der Waals surface area contributed by atoms with Gasteiger partial charge in [0, 0.05) is 30.2 Å². The maximum atomic E-state index is 13.0. The lowest BCUT2D eigenvalue weighted by atomic mass is 10.1. The molecule has 3 rings (SSSR count). The standard InChI is InChI=1S/C21H25ClN4O5S/c1-15-6-7-17(13-19(15)32(28,29)26-8-10-30-11-9-26)24-21(27)14-31-25-20(23)12-16-4-2-3-5-18(16)22/h2-7,13H,8-12,14H2,1H3,(H2,23,25)(H,24,27). The number of nitrogens with one attached hydrogen (secondary N) is 1. The molecule has 0 aliphatic carbocycles. The molecular weight excluding hydrogens is 456 g/mol. The molecule has 0 bridgehead atoms. The van der Waals surface area contributed by atoms with E-state index in [0.29, 0.717) is 42.6 Å². The number of carbonyl (C=O) groups is 1. The number of halogens is 1. The molecule has 1 aliphatic heterocycles. The molecule has 0 spiro atoms. The fourth-order valence-electron chi connectivity index (χ4n) is 3.12. The van der Waals surface area contributed by atoms with Crippen LogP contribution in [0.4, 0.5) is 5.69 Å². The van der Waals surface area contributed by atoms with E-state index >= 15 is 0 Å². The minimum absolute atomic E-state index is 0.139. The summed E-state index contributed by atoms with van der Waals surface area (Å²) >= 11 is 6.08. The van der Waals surface area contributed by atoms with Crippen molar-refractivity contribution in [2.24, 2.45) is 10.9 Å². The third kappa shape index (κ3) is 6.19. The number of nitrogens with zero attached hydrogens (tertiary/aromatic N) is 2. The maximum Gasteiger partial charge on any atom is 0.265 e. The van der Waals surface area contributed by atoms with Crippen molar-refractivity contribution in [3.8, 4) is 0 Å². The number of ether oxygens (including phenoxy) is 1. The van der Waals surface area contributed by atoms with Gasteiger partial charge in [0.1, 0.15) is 5.84 Å². The predicted octanol–water partition coefficient (Wildman–Crippen LogP) is 2.14. The summed E-state index contributed by atoms with van der Waals surface area (Å²) in [6.07, 6.45) is 0.280. The topological polar surface area (TPSA) is 123 Å². The number of nitrogens with two attached hydrogens (primary N) is 1. The van der Waals surface area contributed by atoms with E-state index in [2.05, 4.69) is 10.5 Å². The van der Waals surface area contributed by atoms with Gasteiger partial charge in [-0.15, -0.1) is 0 Å². The van der Waals surface area contributed by atoms with Crippen molar-refractivity contribution >= 4 is 39.1 Å². The highest BCUT2D eigenvalue weighted by molar-refractivity contribution is 7.89.